The lowest BCUT2D eigenvalue weighted by Crippen LogP contribution is -2.03. The molecule has 1 aromatic rings. The summed E-state index contributed by atoms with van der Waals surface area (Å²) >= 11 is 1.07. The normalized spacial score (nSPS) is 15.2. The van der Waals surface area contributed by atoms with Crippen molar-refractivity contribution in [2.45, 2.75) is 0 Å². The van der Waals surface area contributed by atoms with Gasteiger partial charge in [0.2, 0.25) is 0 Å². The largest absolute Gasteiger partial charge is 0.477 e. The molecule has 0 saturated carbocycles. The van der Waals surface area contributed by atoms with Crippen molar-refractivity contribution in [1.29, 1.82) is 0 Å². The predicted molar refractivity (Wildman–Crippen MR) is 58.8 cm³/mol. The number of rotatable bonds is 1. The fourth-order valence-electron chi connectivity index (χ4n) is 1.40. The zero-order valence-electron chi connectivity index (χ0n) is 7.77. The van der Waals surface area contributed by atoms with Crippen LogP contribution >= 0.6 is 11.8 Å². The quantitative estimate of drug-likeness (QED) is 0.786. The number of fused-ring (bicyclic) bond motifs is 1. The standard InChI is InChI=1S/C11H8O3S/c12-9-6-15-10(11(13)14)5-7-3-1-2-4-8(7)9/h1-5H,6H2,(H,13,14). The Morgan fingerprint density at radius 1 is 1.33 bits per heavy atom. The zero-order chi connectivity index (χ0) is 10.8. The van der Waals surface area contributed by atoms with E-state index in [0.717, 1.165) is 11.8 Å². The average molecular weight is 220 g/mol. The van der Waals surface area contributed by atoms with Crippen LogP contribution in [-0.2, 0) is 4.79 Å². The molecule has 0 amide bonds. The lowest BCUT2D eigenvalue weighted by Gasteiger charge is -1.99. The van der Waals surface area contributed by atoms with Crippen LogP contribution in [0, 0.1) is 0 Å². The molecule has 4 heteroatoms. The fraction of sp³-hybridized carbons (Fsp3) is 0.0909. The van der Waals surface area contributed by atoms with E-state index in [2.05, 4.69) is 0 Å². The van der Waals surface area contributed by atoms with Gasteiger partial charge in [-0.3, -0.25) is 4.79 Å². The van der Waals surface area contributed by atoms with Crippen LogP contribution in [0.1, 0.15) is 15.9 Å². The number of benzene rings is 1. The maximum absolute atomic E-state index is 11.6. The van der Waals surface area contributed by atoms with Gasteiger partial charge in [-0.1, -0.05) is 24.3 Å². The van der Waals surface area contributed by atoms with E-state index in [-0.39, 0.29) is 16.4 Å². The Labute approximate surface area is 90.8 Å². The minimum absolute atomic E-state index is 0.0249. The number of carbonyl (C=O) groups excluding carboxylic acids is 1. The Morgan fingerprint density at radius 3 is 2.80 bits per heavy atom. The van der Waals surface area contributed by atoms with E-state index in [1.165, 1.54) is 0 Å². The van der Waals surface area contributed by atoms with Crippen molar-refractivity contribution in [1.82, 2.24) is 0 Å². The molecule has 0 aromatic heterocycles. The molecule has 0 atom stereocenters. The molecule has 0 saturated heterocycles. The number of hydrogen-bond donors (Lipinski definition) is 1. The number of thioether (sulfide) groups is 1. The highest BCUT2D eigenvalue weighted by molar-refractivity contribution is 8.04. The van der Waals surface area contributed by atoms with E-state index in [1.54, 1.807) is 30.3 Å². The summed E-state index contributed by atoms with van der Waals surface area (Å²) in [6.45, 7) is 0. The van der Waals surface area contributed by atoms with Crippen LogP contribution in [0.25, 0.3) is 6.08 Å². The summed E-state index contributed by atoms with van der Waals surface area (Å²) in [4.78, 5) is 22.7. The van der Waals surface area contributed by atoms with Gasteiger partial charge in [-0.05, 0) is 11.6 Å². The van der Waals surface area contributed by atoms with E-state index >= 15 is 0 Å². The Bertz CT molecular complexity index is 463. The van der Waals surface area contributed by atoms with Gasteiger partial charge in [0.05, 0.1) is 10.7 Å². The van der Waals surface area contributed by atoms with Gasteiger partial charge in [-0.25, -0.2) is 4.79 Å². The second-order valence-electron chi connectivity index (χ2n) is 3.11. The van der Waals surface area contributed by atoms with Crippen molar-refractivity contribution < 1.29 is 14.7 Å². The Kier molecular flexibility index (Phi) is 2.60. The fourth-order valence-corrected chi connectivity index (χ4v) is 2.18. The Hall–Kier alpha value is -1.55. The van der Waals surface area contributed by atoms with Crippen LogP contribution in [0.15, 0.2) is 29.2 Å². The third kappa shape index (κ3) is 1.94. The molecule has 0 bridgehead atoms. The zero-order valence-corrected chi connectivity index (χ0v) is 8.58. The smallest absolute Gasteiger partial charge is 0.342 e. The van der Waals surface area contributed by atoms with Gasteiger partial charge in [-0.15, -0.1) is 11.8 Å². The second-order valence-corrected chi connectivity index (χ2v) is 4.13. The van der Waals surface area contributed by atoms with Crippen molar-refractivity contribution >= 4 is 29.6 Å². The van der Waals surface area contributed by atoms with Crippen molar-refractivity contribution in [2.24, 2.45) is 0 Å². The molecular formula is C11H8O3S. The minimum atomic E-state index is -0.982. The Balaban J connectivity index is 2.53. The highest BCUT2D eigenvalue weighted by Crippen LogP contribution is 2.26. The highest BCUT2D eigenvalue weighted by atomic mass is 32.2. The highest BCUT2D eigenvalue weighted by Gasteiger charge is 2.18. The van der Waals surface area contributed by atoms with E-state index < -0.39 is 5.97 Å². The molecule has 1 aliphatic heterocycles. The van der Waals surface area contributed by atoms with E-state index in [4.69, 9.17) is 5.11 Å². The molecule has 1 aromatic carbocycles. The molecule has 15 heavy (non-hydrogen) atoms. The SMILES string of the molecule is O=C(O)C1=Cc2ccccc2C(=O)CS1. The average Bonchev–Trinajstić information content (AvgIpc) is 2.39. The van der Waals surface area contributed by atoms with Crippen molar-refractivity contribution in [3.63, 3.8) is 0 Å². The number of hydrogen-bond acceptors (Lipinski definition) is 3. The van der Waals surface area contributed by atoms with Crippen LogP contribution in [-0.4, -0.2) is 22.6 Å². The van der Waals surface area contributed by atoms with Gasteiger partial charge in [0.25, 0.3) is 0 Å². The maximum Gasteiger partial charge on any atom is 0.342 e. The van der Waals surface area contributed by atoms with E-state index in [0.29, 0.717) is 11.1 Å². The first kappa shape index (κ1) is 9.98. The number of aliphatic carboxylic acids is 1. The molecule has 1 heterocycles. The molecule has 2 rings (SSSR count). The minimum Gasteiger partial charge on any atom is -0.477 e. The third-order valence-electron chi connectivity index (χ3n) is 2.12. The molecule has 1 aliphatic rings. The monoisotopic (exact) mass is 220 g/mol. The van der Waals surface area contributed by atoms with Gasteiger partial charge in [0, 0.05) is 5.56 Å². The lowest BCUT2D eigenvalue weighted by molar-refractivity contribution is -0.131. The van der Waals surface area contributed by atoms with Gasteiger partial charge >= 0.3 is 5.97 Å². The van der Waals surface area contributed by atoms with Crippen LogP contribution < -0.4 is 0 Å². The summed E-state index contributed by atoms with van der Waals surface area (Å²) in [6.07, 6.45) is 1.55. The van der Waals surface area contributed by atoms with Gasteiger partial charge in [-0.2, -0.15) is 0 Å². The molecule has 0 radical (unpaired) electrons. The molecule has 0 aliphatic carbocycles. The van der Waals surface area contributed by atoms with E-state index in [1.807, 2.05) is 0 Å². The van der Waals surface area contributed by atoms with Crippen molar-refractivity contribution in [3.8, 4) is 0 Å². The second kappa shape index (κ2) is 3.90. The summed E-state index contributed by atoms with van der Waals surface area (Å²) < 4.78 is 0. The molecule has 76 valence electrons. The number of ketones is 1. The molecular weight excluding hydrogens is 212 g/mol. The summed E-state index contributed by atoms with van der Waals surface area (Å²) in [5, 5.41) is 8.87. The molecule has 3 nitrogen and oxygen atoms in total. The third-order valence-corrected chi connectivity index (χ3v) is 3.13. The number of carbonyl (C=O) groups is 2. The first-order valence-corrected chi connectivity index (χ1v) is 5.37. The van der Waals surface area contributed by atoms with Crippen LogP contribution in [0.5, 0.6) is 0 Å². The van der Waals surface area contributed by atoms with Gasteiger partial charge < -0.3 is 5.11 Å². The van der Waals surface area contributed by atoms with Crippen LogP contribution in [0.3, 0.4) is 0 Å². The molecule has 0 fully saturated rings. The molecule has 1 N–H and O–H groups in total. The van der Waals surface area contributed by atoms with Crippen molar-refractivity contribution in [3.05, 3.63) is 40.3 Å². The van der Waals surface area contributed by atoms with Gasteiger partial charge in [0.1, 0.15) is 0 Å². The molecule has 0 spiro atoms. The van der Waals surface area contributed by atoms with Crippen LogP contribution in [0.4, 0.5) is 0 Å². The predicted octanol–water partition coefficient (Wildman–Crippen LogP) is 2.04. The molecule has 0 unspecified atom stereocenters. The summed E-state index contributed by atoms with van der Waals surface area (Å²) in [7, 11) is 0. The summed E-state index contributed by atoms with van der Waals surface area (Å²) in [6, 6.07) is 7.04. The van der Waals surface area contributed by atoms with Gasteiger partial charge in [0.15, 0.2) is 5.78 Å². The maximum atomic E-state index is 11.6. The van der Waals surface area contributed by atoms with Crippen molar-refractivity contribution in [2.75, 3.05) is 5.75 Å². The number of Topliss-reactive ketones (excluding diaryl/α,β-unsaturated/α-hetero) is 1. The lowest BCUT2D eigenvalue weighted by atomic mass is 10.0. The first-order chi connectivity index (χ1) is 7.18. The summed E-state index contributed by atoms with van der Waals surface area (Å²) in [5.74, 6) is -0.817. The van der Waals surface area contributed by atoms with E-state index in [9.17, 15) is 9.59 Å². The number of carboxylic acid groups (broad SMARTS) is 1. The topological polar surface area (TPSA) is 54.4 Å². The summed E-state index contributed by atoms with van der Waals surface area (Å²) in [5.41, 5.74) is 1.28. The first-order valence-electron chi connectivity index (χ1n) is 4.38. The Morgan fingerprint density at radius 2 is 2.07 bits per heavy atom. The van der Waals surface area contributed by atoms with Crippen LogP contribution in [0.2, 0.25) is 0 Å². The number of carboxylic acids is 1.